The van der Waals surface area contributed by atoms with Crippen LogP contribution in [0.5, 0.6) is 0 Å². The second-order valence-electron chi connectivity index (χ2n) is 7.39. The standard InChI is InChI=1S/C23H25FN4O/c1-26-17-19(23(25-26)18-5-3-2-4-6-18)7-12-22(29)28-15-13-27(14-16-28)21-10-8-20(24)9-11-21/h2-6,8-11,17H,7,12-16H2,1H3. The van der Waals surface area contributed by atoms with Gasteiger partial charge in [0.25, 0.3) is 0 Å². The summed E-state index contributed by atoms with van der Waals surface area (Å²) in [6.07, 6.45) is 3.15. The zero-order valence-corrected chi connectivity index (χ0v) is 16.6. The summed E-state index contributed by atoms with van der Waals surface area (Å²) in [5, 5.41) is 4.58. The van der Waals surface area contributed by atoms with Gasteiger partial charge in [-0.2, -0.15) is 5.10 Å². The van der Waals surface area contributed by atoms with Gasteiger partial charge in [-0.1, -0.05) is 30.3 Å². The summed E-state index contributed by atoms with van der Waals surface area (Å²) in [6.45, 7) is 2.91. The van der Waals surface area contributed by atoms with Crippen LogP contribution in [-0.4, -0.2) is 46.8 Å². The molecule has 0 aliphatic carbocycles. The molecule has 150 valence electrons. The minimum absolute atomic E-state index is 0.173. The van der Waals surface area contributed by atoms with Crippen LogP contribution in [0.4, 0.5) is 10.1 Å². The number of rotatable bonds is 5. The lowest BCUT2D eigenvalue weighted by Crippen LogP contribution is -2.48. The fourth-order valence-electron chi connectivity index (χ4n) is 3.83. The van der Waals surface area contributed by atoms with Crippen molar-refractivity contribution < 1.29 is 9.18 Å². The third-order valence-electron chi connectivity index (χ3n) is 5.38. The van der Waals surface area contributed by atoms with E-state index in [0.29, 0.717) is 25.9 Å². The Morgan fingerprint density at radius 1 is 1.00 bits per heavy atom. The van der Waals surface area contributed by atoms with Gasteiger partial charge in [0.05, 0.1) is 5.69 Å². The van der Waals surface area contributed by atoms with Crippen molar-refractivity contribution in [1.82, 2.24) is 14.7 Å². The van der Waals surface area contributed by atoms with Crippen LogP contribution in [0.15, 0.2) is 60.8 Å². The van der Waals surface area contributed by atoms with Crippen molar-refractivity contribution in [2.24, 2.45) is 7.05 Å². The average molecular weight is 392 g/mol. The minimum atomic E-state index is -0.229. The number of amides is 1. The number of piperazine rings is 1. The van der Waals surface area contributed by atoms with E-state index in [0.717, 1.165) is 35.6 Å². The molecular formula is C23H25FN4O. The van der Waals surface area contributed by atoms with E-state index < -0.39 is 0 Å². The van der Waals surface area contributed by atoms with Crippen molar-refractivity contribution in [3.05, 3.63) is 72.2 Å². The average Bonchev–Trinajstić information content (AvgIpc) is 3.14. The van der Waals surface area contributed by atoms with Gasteiger partial charge in [-0.25, -0.2) is 4.39 Å². The highest BCUT2D eigenvalue weighted by molar-refractivity contribution is 5.77. The third-order valence-corrected chi connectivity index (χ3v) is 5.38. The molecule has 1 saturated heterocycles. The SMILES string of the molecule is Cn1cc(CCC(=O)N2CCN(c3ccc(F)cc3)CC2)c(-c2ccccc2)n1. The van der Waals surface area contributed by atoms with Crippen molar-refractivity contribution in [1.29, 1.82) is 0 Å². The van der Waals surface area contributed by atoms with E-state index in [2.05, 4.69) is 10.00 Å². The highest BCUT2D eigenvalue weighted by atomic mass is 19.1. The monoisotopic (exact) mass is 392 g/mol. The first-order valence-electron chi connectivity index (χ1n) is 9.96. The molecule has 2 heterocycles. The first-order valence-corrected chi connectivity index (χ1v) is 9.96. The predicted molar refractivity (Wildman–Crippen MR) is 112 cm³/mol. The third kappa shape index (κ3) is 4.47. The molecule has 0 bridgehead atoms. The molecule has 1 aliphatic heterocycles. The Balaban J connectivity index is 1.34. The molecule has 3 aromatic rings. The summed E-state index contributed by atoms with van der Waals surface area (Å²) >= 11 is 0. The lowest BCUT2D eigenvalue weighted by molar-refractivity contribution is -0.131. The number of carbonyl (C=O) groups excluding carboxylic acids is 1. The Morgan fingerprint density at radius 3 is 2.38 bits per heavy atom. The number of hydrogen-bond donors (Lipinski definition) is 0. The normalized spacial score (nSPS) is 14.3. The van der Waals surface area contributed by atoms with Gasteiger partial charge in [0.1, 0.15) is 5.82 Å². The molecule has 0 atom stereocenters. The lowest BCUT2D eigenvalue weighted by atomic mass is 10.0. The largest absolute Gasteiger partial charge is 0.368 e. The highest BCUT2D eigenvalue weighted by Gasteiger charge is 2.22. The number of anilines is 1. The van der Waals surface area contributed by atoms with Crippen molar-refractivity contribution in [2.45, 2.75) is 12.8 Å². The summed E-state index contributed by atoms with van der Waals surface area (Å²) in [5.41, 5.74) is 4.11. The van der Waals surface area contributed by atoms with E-state index in [9.17, 15) is 9.18 Å². The molecule has 4 rings (SSSR count). The zero-order valence-electron chi connectivity index (χ0n) is 16.6. The van der Waals surface area contributed by atoms with E-state index >= 15 is 0 Å². The molecule has 0 saturated carbocycles. The molecule has 1 aromatic heterocycles. The van der Waals surface area contributed by atoms with E-state index in [1.165, 1.54) is 12.1 Å². The molecule has 29 heavy (non-hydrogen) atoms. The van der Waals surface area contributed by atoms with Gasteiger partial charge < -0.3 is 9.80 Å². The van der Waals surface area contributed by atoms with Gasteiger partial charge in [-0.3, -0.25) is 9.48 Å². The number of aromatic nitrogens is 2. The van der Waals surface area contributed by atoms with Crippen molar-refractivity contribution >= 4 is 11.6 Å². The number of nitrogens with zero attached hydrogens (tertiary/aromatic N) is 4. The van der Waals surface area contributed by atoms with E-state index in [-0.39, 0.29) is 11.7 Å². The Hall–Kier alpha value is -3.15. The summed E-state index contributed by atoms with van der Waals surface area (Å²) in [4.78, 5) is 16.9. The van der Waals surface area contributed by atoms with Gasteiger partial charge in [0.2, 0.25) is 5.91 Å². The predicted octanol–water partition coefficient (Wildman–Crippen LogP) is 3.51. The summed E-state index contributed by atoms with van der Waals surface area (Å²) in [6, 6.07) is 16.6. The minimum Gasteiger partial charge on any atom is -0.368 e. The zero-order chi connectivity index (χ0) is 20.2. The molecule has 1 amide bonds. The maximum Gasteiger partial charge on any atom is 0.223 e. The number of carbonyl (C=O) groups is 1. The smallest absolute Gasteiger partial charge is 0.223 e. The Morgan fingerprint density at radius 2 is 1.69 bits per heavy atom. The van der Waals surface area contributed by atoms with Crippen LogP contribution in [0.25, 0.3) is 11.3 Å². The topological polar surface area (TPSA) is 41.4 Å². The molecule has 0 spiro atoms. The number of aryl methyl sites for hydroxylation is 2. The number of hydrogen-bond acceptors (Lipinski definition) is 3. The summed E-state index contributed by atoms with van der Waals surface area (Å²) in [7, 11) is 1.91. The summed E-state index contributed by atoms with van der Waals surface area (Å²) < 4.78 is 14.9. The molecular weight excluding hydrogens is 367 g/mol. The molecule has 6 heteroatoms. The number of benzene rings is 2. The van der Waals surface area contributed by atoms with Crippen LogP contribution < -0.4 is 4.90 Å². The maximum atomic E-state index is 13.1. The fourth-order valence-corrected chi connectivity index (χ4v) is 3.83. The van der Waals surface area contributed by atoms with Crippen molar-refractivity contribution in [2.75, 3.05) is 31.1 Å². The molecule has 0 unspecified atom stereocenters. The van der Waals surface area contributed by atoms with Crippen molar-refractivity contribution in [3.8, 4) is 11.3 Å². The number of halogens is 1. The first-order chi connectivity index (χ1) is 14.1. The van der Waals surface area contributed by atoms with Crippen LogP contribution in [0.2, 0.25) is 0 Å². The van der Waals surface area contributed by atoms with Gasteiger partial charge in [-0.15, -0.1) is 0 Å². The van der Waals surface area contributed by atoms with Gasteiger partial charge >= 0.3 is 0 Å². The Kier molecular flexibility index (Phi) is 5.60. The van der Waals surface area contributed by atoms with Crippen LogP contribution in [0, 0.1) is 5.82 Å². The van der Waals surface area contributed by atoms with Crippen LogP contribution in [-0.2, 0) is 18.3 Å². The second kappa shape index (κ2) is 8.47. The quantitative estimate of drug-likeness (QED) is 0.667. The molecule has 2 aromatic carbocycles. The van der Waals surface area contributed by atoms with Crippen LogP contribution in [0.1, 0.15) is 12.0 Å². The molecule has 1 fully saturated rings. The first kappa shape index (κ1) is 19.2. The fraction of sp³-hybridized carbons (Fsp3) is 0.304. The second-order valence-corrected chi connectivity index (χ2v) is 7.39. The van der Waals surface area contributed by atoms with Gasteiger partial charge in [0.15, 0.2) is 0 Å². The molecule has 0 radical (unpaired) electrons. The summed E-state index contributed by atoms with van der Waals surface area (Å²) in [5.74, 6) is -0.0561. The maximum absolute atomic E-state index is 13.1. The van der Waals surface area contributed by atoms with Crippen LogP contribution >= 0.6 is 0 Å². The van der Waals surface area contributed by atoms with Gasteiger partial charge in [-0.05, 0) is 36.2 Å². The Labute approximate surface area is 170 Å². The molecule has 5 nitrogen and oxygen atoms in total. The highest BCUT2D eigenvalue weighted by Crippen LogP contribution is 2.23. The lowest BCUT2D eigenvalue weighted by Gasteiger charge is -2.36. The van der Waals surface area contributed by atoms with E-state index in [1.54, 1.807) is 12.1 Å². The van der Waals surface area contributed by atoms with Gasteiger partial charge in [0, 0.05) is 57.1 Å². The van der Waals surface area contributed by atoms with Crippen molar-refractivity contribution in [3.63, 3.8) is 0 Å². The molecule has 0 N–H and O–H groups in total. The van der Waals surface area contributed by atoms with E-state index in [1.807, 2.05) is 53.2 Å². The Bertz CT molecular complexity index is 960. The molecule has 1 aliphatic rings. The van der Waals surface area contributed by atoms with E-state index in [4.69, 9.17) is 0 Å². The van der Waals surface area contributed by atoms with Crippen LogP contribution in [0.3, 0.4) is 0 Å².